The van der Waals surface area contributed by atoms with Gasteiger partial charge in [-0.25, -0.2) is 4.68 Å². The number of hydrogen-bond donors (Lipinski definition) is 1. The fraction of sp³-hybridized carbons (Fsp3) is 0.389. The van der Waals surface area contributed by atoms with Crippen LogP contribution in [-0.2, 0) is 11.0 Å². The molecule has 5 nitrogen and oxygen atoms in total. The second-order valence-electron chi connectivity index (χ2n) is 6.46. The van der Waals surface area contributed by atoms with Gasteiger partial charge in [-0.15, -0.1) is 0 Å². The van der Waals surface area contributed by atoms with Crippen LogP contribution >= 0.6 is 23.2 Å². The van der Waals surface area contributed by atoms with Gasteiger partial charge >= 0.3 is 6.18 Å². The molecular weight excluding hydrogens is 416 g/mol. The van der Waals surface area contributed by atoms with Crippen LogP contribution < -0.4 is 5.32 Å². The van der Waals surface area contributed by atoms with Crippen LogP contribution in [0.2, 0.25) is 10.0 Å². The van der Waals surface area contributed by atoms with Crippen LogP contribution in [0.15, 0.2) is 18.3 Å². The summed E-state index contributed by atoms with van der Waals surface area (Å²) in [7, 11) is 0. The molecule has 0 radical (unpaired) electrons. The Morgan fingerprint density at radius 2 is 1.89 bits per heavy atom. The summed E-state index contributed by atoms with van der Waals surface area (Å²) < 4.78 is 39.9. The minimum atomic E-state index is -4.63. The average molecular weight is 433 g/mol. The molecule has 2 aromatic rings. The maximum absolute atomic E-state index is 13.0. The standard InChI is InChI=1S/C18H17Cl2F3N4O/c1-4-12(9(2)3)17(28)26-16-10(7-24)8-25-27(16)15-13(19)5-11(6-14(15)20)18(21,22)23/h5-6,8-9,12H,4H2,1-3H3,(H,26,28). The van der Waals surface area contributed by atoms with Crippen LogP contribution in [0.1, 0.15) is 38.3 Å². The van der Waals surface area contributed by atoms with Crippen molar-refractivity contribution in [3.8, 4) is 11.8 Å². The highest BCUT2D eigenvalue weighted by molar-refractivity contribution is 6.38. The fourth-order valence-corrected chi connectivity index (χ4v) is 3.47. The van der Waals surface area contributed by atoms with E-state index in [0.29, 0.717) is 18.6 Å². The topological polar surface area (TPSA) is 70.7 Å². The Morgan fingerprint density at radius 3 is 2.32 bits per heavy atom. The SMILES string of the molecule is CCC(C(=O)Nc1c(C#N)cnn1-c1c(Cl)cc(C(F)(F)F)cc1Cl)C(C)C. The molecular formula is C18H17Cl2F3N4O. The number of alkyl halides is 3. The molecule has 0 aliphatic rings. The van der Waals surface area contributed by atoms with E-state index in [2.05, 4.69) is 10.4 Å². The third-order valence-corrected chi connectivity index (χ3v) is 4.84. The van der Waals surface area contributed by atoms with Crippen LogP contribution in [0, 0.1) is 23.2 Å². The molecule has 0 bridgehead atoms. The Morgan fingerprint density at radius 1 is 1.32 bits per heavy atom. The van der Waals surface area contributed by atoms with Gasteiger partial charge in [0.05, 0.1) is 21.8 Å². The molecule has 1 atom stereocenters. The van der Waals surface area contributed by atoms with Crippen molar-refractivity contribution in [2.75, 3.05) is 5.32 Å². The predicted octanol–water partition coefficient (Wildman–Crippen LogP) is 5.69. The molecule has 0 spiro atoms. The summed E-state index contributed by atoms with van der Waals surface area (Å²) in [6.07, 6.45) is -2.88. The molecule has 0 fully saturated rings. The Bertz CT molecular complexity index is 909. The monoisotopic (exact) mass is 432 g/mol. The van der Waals surface area contributed by atoms with Gasteiger partial charge in [0.15, 0.2) is 5.82 Å². The number of carbonyl (C=O) groups excluding carboxylic acids is 1. The number of aromatic nitrogens is 2. The molecule has 1 amide bonds. The van der Waals surface area contributed by atoms with Crippen molar-refractivity contribution in [3.63, 3.8) is 0 Å². The van der Waals surface area contributed by atoms with Gasteiger partial charge in [-0.2, -0.15) is 23.5 Å². The maximum atomic E-state index is 13.0. The third kappa shape index (κ3) is 4.42. The number of nitriles is 1. The molecule has 2 rings (SSSR count). The summed E-state index contributed by atoms with van der Waals surface area (Å²) >= 11 is 12.1. The van der Waals surface area contributed by atoms with E-state index in [1.807, 2.05) is 26.8 Å². The first-order valence-corrected chi connectivity index (χ1v) is 9.12. The number of halogens is 5. The molecule has 0 aliphatic heterocycles. The van der Waals surface area contributed by atoms with Gasteiger partial charge in [0.1, 0.15) is 17.3 Å². The number of anilines is 1. The van der Waals surface area contributed by atoms with E-state index in [1.54, 1.807) is 0 Å². The highest BCUT2D eigenvalue weighted by atomic mass is 35.5. The number of carbonyl (C=O) groups is 1. The van der Waals surface area contributed by atoms with Crippen molar-refractivity contribution in [2.24, 2.45) is 11.8 Å². The first-order chi connectivity index (χ1) is 13.0. The Kier molecular flexibility index (Phi) is 6.63. The molecule has 150 valence electrons. The van der Waals surface area contributed by atoms with Crippen LogP contribution in [0.3, 0.4) is 0 Å². The zero-order valence-corrected chi connectivity index (χ0v) is 16.7. The van der Waals surface area contributed by atoms with Crippen LogP contribution in [0.4, 0.5) is 19.0 Å². The van der Waals surface area contributed by atoms with E-state index in [4.69, 9.17) is 23.2 Å². The summed E-state index contributed by atoms with van der Waals surface area (Å²) in [5.74, 6) is -0.622. The van der Waals surface area contributed by atoms with Gasteiger partial charge in [0, 0.05) is 5.92 Å². The molecule has 1 N–H and O–H groups in total. The molecule has 0 saturated carbocycles. The zero-order chi connectivity index (χ0) is 21.2. The fourth-order valence-electron chi connectivity index (χ4n) is 2.82. The molecule has 1 unspecified atom stereocenters. The van der Waals surface area contributed by atoms with Crippen molar-refractivity contribution >= 4 is 34.9 Å². The number of nitrogens with one attached hydrogen (secondary N) is 1. The second-order valence-corrected chi connectivity index (χ2v) is 7.28. The van der Waals surface area contributed by atoms with E-state index in [9.17, 15) is 23.2 Å². The summed E-state index contributed by atoms with van der Waals surface area (Å²) in [5, 5.41) is 15.3. The smallest absolute Gasteiger partial charge is 0.309 e. The predicted molar refractivity (Wildman–Crippen MR) is 101 cm³/mol. The van der Waals surface area contributed by atoms with Gasteiger partial charge in [-0.3, -0.25) is 4.79 Å². The van der Waals surface area contributed by atoms with Crippen molar-refractivity contribution in [3.05, 3.63) is 39.5 Å². The first kappa shape index (κ1) is 22.1. The van der Waals surface area contributed by atoms with E-state index in [1.165, 1.54) is 6.20 Å². The Hall–Kier alpha value is -2.24. The third-order valence-electron chi connectivity index (χ3n) is 4.27. The van der Waals surface area contributed by atoms with Crippen LogP contribution in [-0.4, -0.2) is 15.7 Å². The second kappa shape index (κ2) is 8.41. The van der Waals surface area contributed by atoms with E-state index < -0.39 is 11.7 Å². The van der Waals surface area contributed by atoms with Gasteiger partial charge in [0.25, 0.3) is 0 Å². The summed E-state index contributed by atoms with van der Waals surface area (Å²) in [6.45, 7) is 5.63. The van der Waals surface area contributed by atoms with E-state index in [0.717, 1.165) is 4.68 Å². The van der Waals surface area contributed by atoms with Crippen molar-refractivity contribution in [1.29, 1.82) is 5.26 Å². The summed E-state index contributed by atoms with van der Waals surface area (Å²) in [5.41, 5.74) is -1.06. The van der Waals surface area contributed by atoms with Gasteiger partial charge in [0.2, 0.25) is 5.91 Å². The minimum absolute atomic E-state index is 0.00448. The molecule has 0 aliphatic carbocycles. The maximum Gasteiger partial charge on any atom is 0.416 e. The van der Waals surface area contributed by atoms with Crippen LogP contribution in [0.25, 0.3) is 5.69 Å². The number of nitrogens with zero attached hydrogens (tertiary/aromatic N) is 3. The molecule has 0 saturated heterocycles. The lowest BCUT2D eigenvalue weighted by Crippen LogP contribution is -2.27. The largest absolute Gasteiger partial charge is 0.416 e. The molecule has 1 aromatic heterocycles. The number of hydrogen-bond acceptors (Lipinski definition) is 3. The Balaban J connectivity index is 2.56. The normalized spacial score (nSPS) is 12.7. The summed E-state index contributed by atoms with van der Waals surface area (Å²) in [6, 6.07) is 3.31. The number of rotatable bonds is 5. The summed E-state index contributed by atoms with van der Waals surface area (Å²) in [4.78, 5) is 12.6. The van der Waals surface area contributed by atoms with Gasteiger partial charge in [-0.1, -0.05) is 44.0 Å². The molecule has 1 heterocycles. The van der Waals surface area contributed by atoms with Crippen molar-refractivity contribution < 1.29 is 18.0 Å². The van der Waals surface area contributed by atoms with Crippen LogP contribution in [0.5, 0.6) is 0 Å². The first-order valence-electron chi connectivity index (χ1n) is 8.36. The number of benzene rings is 1. The van der Waals surface area contributed by atoms with E-state index in [-0.39, 0.29) is 44.9 Å². The van der Waals surface area contributed by atoms with Gasteiger partial charge < -0.3 is 5.32 Å². The van der Waals surface area contributed by atoms with Crippen molar-refractivity contribution in [2.45, 2.75) is 33.4 Å². The van der Waals surface area contributed by atoms with Gasteiger partial charge in [-0.05, 0) is 24.5 Å². The average Bonchev–Trinajstić information content (AvgIpc) is 2.96. The van der Waals surface area contributed by atoms with Crippen molar-refractivity contribution in [1.82, 2.24) is 9.78 Å². The molecule has 28 heavy (non-hydrogen) atoms. The lowest BCUT2D eigenvalue weighted by atomic mass is 9.92. The molecule has 1 aromatic carbocycles. The molecule has 10 heteroatoms. The zero-order valence-electron chi connectivity index (χ0n) is 15.2. The Labute approximate surface area is 170 Å². The highest BCUT2D eigenvalue weighted by Gasteiger charge is 2.33. The minimum Gasteiger partial charge on any atom is -0.309 e. The number of amides is 1. The van der Waals surface area contributed by atoms with E-state index >= 15 is 0 Å². The lowest BCUT2D eigenvalue weighted by Gasteiger charge is -2.20. The highest BCUT2D eigenvalue weighted by Crippen LogP contribution is 2.38. The quantitative estimate of drug-likeness (QED) is 0.659. The lowest BCUT2D eigenvalue weighted by molar-refractivity contribution is -0.137.